The van der Waals surface area contributed by atoms with Crippen molar-refractivity contribution in [3.63, 3.8) is 0 Å². The summed E-state index contributed by atoms with van der Waals surface area (Å²) in [6.07, 6.45) is -1.87. The number of ether oxygens (including phenoxy) is 1. The first-order chi connectivity index (χ1) is 22.7. The van der Waals surface area contributed by atoms with Crippen LogP contribution < -0.4 is 14.4 Å². The van der Waals surface area contributed by atoms with Gasteiger partial charge in [0.1, 0.15) is 34.8 Å². The van der Waals surface area contributed by atoms with E-state index >= 15 is 0 Å². The summed E-state index contributed by atoms with van der Waals surface area (Å²) in [6, 6.07) is 15.5. The van der Waals surface area contributed by atoms with E-state index in [-0.39, 0.29) is 22.6 Å². The number of hydrogen-bond acceptors (Lipinski definition) is 7. The van der Waals surface area contributed by atoms with Gasteiger partial charge in [-0.25, -0.2) is 22.8 Å². The summed E-state index contributed by atoms with van der Waals surface area (Å²) >= 11 is 0. The second-order valence-corrected chi connectivity index (χ2v) is 12.9. The van der Waals surface area contributed by atoms with Crippen LogP contribution in [0.4, 0.5) is 23.2 Å². The quantitative estimate of drug-likeness (QED) is 0.175. The number of benzene rings is 3. The van der Waals surface area contributed by atoms with Crippen LogP contribution in [0.2, 0.25) is 0 Å². The van der Waals surface area contributed by atoms with Crippen LogP contribution in [0.25, 0.3) is 50.4 Å². The summed E-state index contributed by atoms with van der Waals surface area (Å²) < 4.78 is 90.5. The third kappa shape index (κ3) is 6.03. The number of anilines is 1. The van der Waals surface area contributed by atoms with E-state index in [1.54, 1.807) is 16.7 Å². The minimum absolute atomic E-state index is 0.152. The molecule has 0 aliphatic heterocycles. The molecule has 0 fully saturated rings. The molecule has 1 amide bonds. The van der Waals surface area contributed by atoms with Crippen LogP contribution in [0.5, 0.6) is 5.75 Å². The minimum Gasteiger partial charge on any atom is -0.455 e. The largest absolute Gasteiger partial charge is 0.573 e. The van der Waals surface area contributed by atoms with Crippen LogP contribution in [0, 0.1) is 5.82 Å². The summed E-state index contributed by atoms with van der Waals surface area (Å²) in [5.41, 5.74) is 3.68. The number of nitrogens with zero attached hydrogens (tertiary/aromatic N) is 4. The lowest BCUT2D eigenvalue weighted by molar-refractivity contribution is -0.274. The number of amides is 1. The molecule has 0 atom stereocenters. The first kappa shape index (κ1) is 32.5. The molecule has 248 valence electrons. The predicted octanol–water partition coefficient (Wildman–Crippen LogP) is 6.86. The number of carbonyl (C=O) groups is 1. The van der Waals surface area contributed by atoms with Crippen molar-refractivity contribution in [3.05, 3.63) is 90.0 Å². The zero-order valence-corrected chi connectivity index (χ0v) is 26.7. The van der Waals surface area contributed by atoms with Crippen molar-refractivity contribution in [3.8, 4) is 34.0 Å². The van der Waals surface area contributed by atoms with E-state index in [1.807, 2.05) is 6.92 Å². The van der Waals surface area contributed by atoms with Crippen molar-refractivity contribution < 1.29 is 39.9 Å². The average Bonchev–Trinajstić information content (AvgIpc) is 3.63. The van der Waals surface area contributed by atoms with Crippen LogP contribution in [-0.4, -0.2) is 55.6 Å². The zero-order valence-electron chi connectivity index (χ0n) is 25.9. The second kappa shape index (κ2) is 12.0. The molecule has 0 unspecified atom stereocenters. The molecule has 3 aromatic carbocycles. The summed E-state index contributed by atoms with van der Waals surface area (Å²) in [7, 11) is -0.991. The van der Waals surface area contributed by atoms with Crippen molar-refractivity contribution in [1.82, 2.24) is 19.9 Å². The Morgan fingerprint density at radius 3 is 2.35 bits per heavy atom. The Hall–Kier alpha value is -5.44. The SMILES string of the molecule is CCc1cc2ncn(-c3ccc(OC(F)(F)F)cc3)c2nc1-c1cc2c(C(=O)NC)c(-c3ccc(F)cc3)oc2cc1N(C)S(C)(=O)=O. The van der Waals surface area contributed by atoms with E-state index in [9.17, 15) is 30.8 Å². The molecule has 0 radical (unpaired) electrons. The minimum atomic E-state index is -4.85. The monoisotopic (exact) mass is 681 g/mol. The second-order valence-electron chi connectivity index (χ2n) is 10.8. The van der Waals surface area contributed by atoms with E-state index < -0.39 is 33.9 Å². The Bertz CT molecular complexity index is 2300. The van der Waals surface area contributed by atoms with Crippen molar-refractivity contribution in [2.75, 3.05) is 24.7 Å². The molecule has 0 aliphatic carbocycles. The van der Waals surface area contributed by atoms with Gasteiger partial charge in [0.25, 0.3) is 5.91 Å². The van der Waals surface area contributed by atoms with Gasteiger partial charge in [-0.3, -0.25) is 13.7 Å². The van der Waals surface area contributed by atoms with Gasteiger partial charge in [0.05, 0.1) is 23.2 Å². The van der Waals surface area contributed by atoms with Crippen molar-refractivity contribution in [2.24, 2.45) is 0 Å². The molecule has 0 saturated heterocycles. The number of hydrogen-bond donors (Lipinski definition) is 1. The Labute approximate surface area is 271 Å². The van der Waals surface area contributed by atoms with Crippen molar-refractivity contribution in [2.45, 2.75) is 19.7 Å². The standard InChI is InChI=1S/C33H27F4N5O5S/c1-5-18-14-25-31(42(17-39-25)21-10-12-22(13-11-21)47-33(35,36)37)40-29(18)23-15-24-27(16-26(23)41(3)48(4,44)45)46-30(28(24)32(43)38-2)19-6-8-20(34)9-7-19/h6-17H,5H2,1-4H3,(H,38,43). The van der Waals surface area contributed by atoms with E-state index in [4.69, 9.17) is 9.40 Å². The number of alkyl halides is 3. The third-order valence-electron chi connectivity index (χ3n) is 7.79. The maximum Gasteiger partial charge on any atom is 0.573 e. The number of rotatable bonds is 8. The summed E-state index contributed by atoms with van der Waals surface area (Å²) in [4.78, 5) is 22.7. The number of sulfonamides is 1. The van der Waals surface area contributed by atoms with E-state index in [0.29, 0.717) is 51.0 Å². The number of aromatic nitrogens is 3. The Morgan fingerprint density at radius 1 is 1.06 bits per heavy atom. The molecular weight excluding hydrogens is 654 g/mol. The topological polar surface area (TPSA) is 120 Å². The average molecular weight is 682 g/mol. The normalized spacial score (nSPS) is 12.1. The van der Waals surface area contributed by atoms with Gasteiger partial charge in [0, 0.05) is 42.4 Å². The first-order valence-electron chi connectivity index (χ1n) is 14.4. The Morgan fingerprint density at radius 2 is 1.75 bits per heavy atom. The molecule has 3 aromatic heterocycles. The molecule has 6 rings (SSSR count). The molecule has 0 bridgehead atoms. The number of imidazole rings is 1. The van der Waals surface area contributed by atoms with Gasteiger partial charge in [0.15, 0.2) is 5.65 Å². The lowest BCUT2D eigenvalue weighted by Crippen LogP contribution is -2.25. The molecule has 10 nitrogen and oxygen atoms in total. The van der Waals surface area contributed by atoms with E-state index in [0.717, 1.165) is 10.6 Å². The van der Waals surface area contributed by atoms with E-state index in [1.165, 1.54) is 75.0 Å². The first-order valence-corrected chi connectivity index (χ1v) is 16.3. The number of aryl methyl sites for hydroxylation is 1. The van der Waals surface area contributed by atoms with Crippen LogP contribution in [-0.2, 0) is 16.4 Å². The maximum atomic E-state index is 13.8. The number of halogens is 4. The zero-order chi connectivity index (χ0) is 34.5. The fourth-order valence-electron chi connectivity index (χ4n) is 5.40. The van der Waals surface area contributed by atoms with Gasteiger partial charge in [0.2, 0.25) is 10.0 Å². The van der Waals surface area contributed by atoms with Gasteiger partial charge >= 0.3 is 6.36 Å². The highest BCUT2D eigenvalue weighted by Gasteiger charge is 2.31. The molecule has 15 heteroatoms. The molecule has 0 saturated carbocycles. The van der Waals surface area contributed by atoms with Gasteiger partial charge < -0.3 is 14.5 Å². The number of carbonyl (C=O) groups excluding carboxylic acids is 1. The fourth-order valence-corrected chi connectivity index (χ4v) is 5.90. The molecule has 3 heterocycles. The van der Waals surface area contributed by atoms with Gasteiger partial charge in [-0.05, 0) is 72.6 Å². The van der Waals surface area contributed by atoms with Crippen molar-refractivity contribution >= 4 is 43.8 Å². The Balaban J connectivity index is 1.61. The lowest BCUT2D eigenvalue weighted by atomic mass is 9.98. The highest BCUT2D eigenvalue weighted by molar-refractivity contribution is 7.92. The van der Waals surface area contributed by atoms with Crippen LogP contribution in [0.3, 0.4) is 0 Å². The Kier molecular flexibility index (Phi) is 8.11. The highest BCUT2D eigenvalue weighted by Crippen LogP contribution is 2.42. The number of nitrogens with one attached hydrogen (secondary N) is 1. The molecule has 6 aromatic rings. The van der Waals surface area contributed by atoms with E-state index in [2.05, 4.69) is 15.0 Å². The summed E-state index contributed by atoms with van der Waals surface area (Å²) in [6.45, 7) is 1.89. The van der Waals surface area contributed by atoms with Gasteiger partial charge in [-0.2, -0.15) is 0 Å². The van der Waals surface area contributed by atoms with Crippen LogP contribution in [0.15, 0.2) is 77.5 Å². The number of fused-ring (bicyclic) bond motifs is 2. The molecular formula is C33H27F4N5O5S. The molecule has 0 spiro atoms. The summed E-state index contributed by atoms with van der Waals surface area (Å²) in [5.74, 6) is -1.21. The number of pyridine rings is 1. The fraction of sp³-hybridized carbons (Fsp3) is 0.182. The predicted molar refractivity (Wildman–Crippen MR) is 172 cm³/mol. The van der Waals surface area contributed by atoms with Gasteiger partial charge in [-0.1, -0.05) is 6.92 Å². The molecule has 1 N–H and O–H groups in total. The van der Waals surface area contributed by atoms with Crippen LogP contribution >= 0.6 is 0 Å². The van der Waals surface area contributed by atoms with Gasteiger partial charge in [-0.15, -0.1) is 13.2 Å². The van der Waals surface area contributed by atoms with Crippen LogP contribution in [0.1, 0.15) is 22.8 Å². The van der Waals surface area contributed by atoms with Crippen molar-refractivity contribution in [1.29, 1.82) is 0 Å². The third-order valence-corrected chi connectivity index (χ3v) is 8.98. The maximum absolute atomic E-state index is 13.8. The lowest BCUT2D eigenvalue weighted by Gasteiger charge is -2.21. The molecule has 0 aliphatic rings. The highest BCUT2D eigenvalue weighted by atomic mass is 32.2. The smallest absolute Gasteiger partial charge is 0.455 e. The molecule has 48 heavy (non-hydrogen) atoms. The number of furan rings is 1. The summed E-state index contributed by atoms with van der Waals surface area (Å²) in [5, 5.41) is 2.96.